The number of hydrogen-bond acceptors (Lipinski definition) is 3. The number of benzene rings is 2. The van der Waals surface area contributed by atoms with Gasteiger partial charge < -0.3 is 9.47 Å². The molecular formula is C18H20O3. The Bertz CT molecular complexity index is 546. The van der Waals surface area contributed by atoms with Crippen LogP contribution in [-0.2, 0) is 11.2 Å². The lowest BCUT2D eigenvalue weighted by atomic mass is 10.1. The molecular weight excluding hydrogens is 264 g/mol. The quantitative estimate of drug-likeness (QED) is 0.694. The second-order valence-corrected chi connectivity index (χ2v) is 4.89. The summed E-state index contributed by atoms with van der Waals surface area (Å²) >= 11 is 0. The van der Waals surface area contributed by atoms with E-state index in [2.05, 4.69) is 0 Å². The van der Waals surface area contributed by atoms with Crippen LogP contribution in [0, 0.1) is 0 Å². The van der Waals surface area contributed by atoms with Gasteiger partial charge in [-0.05, 0) is 36.8 Å². The molecule has 21 heavy (non-hydrogen) atoms. The number of ether oxygens (including phenoxy) is 2. The summed E-state index contributed by atoms with van der Waals surface area (Å²) in [6.45, 7) is 2.84. The Labute approximate surface area is 125 Å². The number of Topliss-reactive ketones (excluding diaryl/α,β-unsaturated/α-hetero) is 1. The van der Waals surface area contributed by atoms with Crippen molar-refractivity contribution in [3.63, 3.8) is 0 Å². The highest BCUT2D eigenvalue weighted by Crippen LogP contribution is 2.13. The van der Waals surface area contributed by atoms with Crippen LogP contribution in [-0.4, -0.2) is 19.0 Å². The highest BCUT2D eigenvalue weighted by Gasteiger charge is 1.99. The van der Waals surface area contributed by atoms with Crippen molar-refractivity contribution in [3.05, 3.63) is 60.2 Å². The molecule has 0 radical (unpaired) electrons. The van der Waals surface area contributed by atoms with Crippen molar-refractivity contribution < 1.29 is 14.3 Å². The second-order valence-electron chi connectivity index (χ2n) is 4.89. The predicted molar refractivity (Wildman–Crippen MR) is 82.9 cm³/mol. The Hall–Kier alpha value is -2.29. The molecule has 2 rings (SSSR count). The SMILES string of the molecule is CC(=O)Cc1ccc(OCCCOc2ccccc2)cc1. The van der Waals surface area contributed by atoms with Crippen molar-refractivity contribution in [2.24, 2.45) is 0 Å². The highest BCUT2D eigenvalue weighted by atomic mass is 16.5. The molecule has 3 heteroatoms. The summed E-state index contributed by atoms with van der Waals surface area (Å²) < 4.78 is 11.2. The average molecular weight is 284 g/mol. The molecule has 0 amide bonds. The van der Waals surface area contributed by atoms with Crippen LogP contribution >= 0.6 is 0 Å². The molecule has 0 aliphatic carbocycles. The Morgan fingerprint density at radius 3 is 2.00 bits per heavy atom. The summed E-state index contributed by atoms with van der Waals surface area (Å²) in [5, 5.41) is 0. The van der Waals surface area contributed by atoms with Crippen LogP contribution in [0.5, 0.6) is 11.5 Å². The molecule has 0 saturated carbocycles. The maximum atomic E-state index is 11.0. The molecule has 0 bridgehead atoms. The summed E-state index contributed by atoms with van der Waals surface area (Å²) in [7, 11) is 0. The van der Waals surface area contributed by atoms with Crippen LogP contribution in [0.3, 0.4) is 0 Å². The van der Waals surface area contributed by atoms with E-state index in [9.17, 15) is 4.79 Å². The topological polar surface area (TPSA) is 35.5 Å². The predicted octanol–water partition coefficient (Wildman–Crippen LogP) is 3.67. The first-order valence-corrected chi connectivity index (χ1v) is 7.13. The first kappa shape index (κ1) is 15.1. The van der Waals surface area contributed by atoms with Gasteiger partial charge in [-0.15, -0.1) is 0 Å². The third kappa shape index (κ3) is 5.69. The van der Waals surface area contributed by atoms with Gasteiger partial charge in [-0.1, -0.05) is 30.3 Å². The van der Waals surface area contributed by atoms with E-state index in [0.717, 1.165) is 23.5 Å². The summed E-state index contributed by atoms with van der Waals surface area (Å²) in [5.41, 5.74) is 1.02. The summed E-state index contributed by atoms with van der Waals surface area (Å²) in [6.07, 6.45) is 1.30. The van der Waals surface area contributed by atoms with Crippen LogP contribution in [0.15, 0.2) is 54.6 Å². The standard InChI is InChI=1S/C18H20O3/c1-15(19)14-16-8-10-18(11-9-16)21-13-5-12-20-17-6-3-2-4-7-17/h2-4,6-11H,5,12-14H2,1H3. The van der Waals surface area contributed by atoms with Crippen molar-refractivity contribution >= 4 is 5.78 Å². The van der Waals surface area contributed by atoms with Crippen molar-refractivity contribution in [1.82, 2.24) is 0 Å². The number of ketones is 1. The van der Waals surface area contributed by atoms with Crippen molar-refractivity contribution in [2.75, 3.05) is 13.2 Å². The minimum atomic E-state index is 0.168. The van der Waals surface area contributed by atoms with Crippen LogP contribution in [0.4, 0.5) is 0 Å². The van der Waals surface area contributed by atoms with E-state index in [1.165, 1.54) is 0 Å². The lowest BCUT2D eigenvalue weighted by Crippen LogP contribution is -2.05. The average Bonchev–Trinajstić information content (AvgIpc) is 2.49. The first-order chi connectivity index (χ1) is 10.2. The van der Waals surface area contributed by atoms with Crippen molar-refractivity contribution in [3.8, 4) is 11.5 Å². The zero-order chi connectivity index (χ0) is 14.9. The van der Waals surface area contributed by atoms with Crippen LogP contribution in [0.25, 0.3) is 0 Å². The third-order valence-corrected chi connectivity index (χ3v) is 2.95. The van der Waals surface area contributed by atoms with Crippen LogP contribution in [0.1, 0.15) is 18.9 Å². The van der Waals surface area contributed by atoms with Crippen molar-refractivity contribution in [2.45, 2.75) is 19.8 Å². The lowest BCUT2D eigenvalue weighted by molar-refractivity contribution is -0.116. The van der Waals surface area contributed by atoms with Gasteiger partial charge >= 0.3 is 0 Å². The van der Waals surface area contributed by atoms with Gasteiger partial charge in [0.15, 0.2) is 0 Å². The molecule has 0 saturated heterocycles. The van der Waals surface area contributed by atoms with Gasteiger partial charge in [0.1, 0.15) is 17.3 Å². The second kappa shape index (κ2) is 8.10. The van der Waals surface area contributed by atoms with E-state index in [-0.39, 0.29) is 5.78 Å². The van der Waals surface area contributed by atoms with Gasteiger partial charge in [0.05, 0.1) is 13.2 Å². The molecule has 110 valence electrons. The zero-order valence-electron chi connectivity index (χ0n) is 12.2. The molecule has 0 N–H and O–H groups in total. The summed E-state index contributed by atoms with van der Waals surface area (Å²) in [4.78, 5) is 11.0. The number of carbonyl (C=O) groups excluding carboxylic acids is 1. The van der Waals surface area contributed by atoms with Crippen molar-refractivity contribution in [1.29, 1.82) is 0 Å². The van der Waals surface area contributed by atoms with E-state index in [4.69, 9.17) is 9.47 Å². The molecule has 0 spiro atoms. The van der Waals surface area contributed by atoms with E-state index >= 15 is 0 Å². The highest BCUT2D eigenvalue weighted by molar-refractivity contribution is 5.78. The molecule has 0 aliphatic rings. The molecule has 0 unspecified atom stereocenters. The van der Waals surface area contributed by atoms with E-state index in [1.54, 1.807) is 6.92 Å². The number of hydrogen-bond donors (Lipinski definition) is 0. The maximum absolute atomic E-state index is 11.0. The van der Waals surface area contributed by atoms with Gasteiger partial charge in [0.25, 0.3) is 0 Å². The maximum Gasteiger partial charge on any atom is 0.134 e. The van der Waals surface area contributed by atoms with Gasteiger partial charge in [0.2, 0.25) is 0 Å². The van der Waals surface area contributed by atoms with Gasteiger partial charge in [-0.3, -0.25) is 4.79 Å². The zero-order valence-corrected chi connectivity index (χ0v) is 12.2. The van der Waals surface area contributed by atoms with Gasteiger partial charge in [-0.2, -0.15) is 0 Å². The van der Waals surface area contributed by atoms with Gasteiger partial charge in [-0.25, -0.2) is 0 Å². The minimum absolute atomic E-state index is 0.168. The Balaban J connectivity index is 1.65. The summed E-state index contributed by atoms with van der Waals surface area (Å²) in [5.74, 6) is 1.87. The van der Waals surface area contributed by atoms with E-state index in [1.807, 2.05) is 54.6 Å². The number of para-hydroxylation sites is 1. The first-order valence-electron chi connectivity index (χ1n) is 7.13. The van der Waals surface area contributed by atoms with E-state index in [0.29, 0.717) is 19.6 Å². The fraction of sp³-hybridized carbons (Fsp3) is 0.278. The number of carbonyl (C=O) groups is 1. The Morgan fingerprint density at radius 2 is 1.43 bits per heavy atom. The number of rotatable bonds is 8. The molecule has 0 atom stereocenters. The summed E-state index contributed by atoms with van der Waals surface area (Å²) in [6, 6.07) is 17.4. The molecule has 2 aromatic carbocycles. The Morgan fingerprint density at radius 1 is 0.857 bits per heavy atom. The molecule has 0 fully saturated rings. The van der Waals surface area contributed by atoms with Crippen LogP contribution in [0.2, 0.25) is 0 Å². The lowest BCUT2D eigenvalue weighted by Gasteiger charge is -2.08. The monoisotopic (exact) mass is 284 g/mol. The fourth-order valence-corrected chi connectivity index (χ4v) is 1.95. The van der Waals surface area contributed by atoms with Gasteiger partial charge in [0, 0.05) is 12.8 Å². The molecule has 0 heterocycles. The third-order valence-electron chi connectivity index (χ3n) is 2.95. The molecule has 2 aromatic rings. The normalized spacial score (nSPS) is 10.1. The minimum Gasteiger partial charge on any atom is -0.493 e. The Kier molecular flexibility index (Phi) is 5.83. The largest absolute Gasteiger partial charge is 0.493 e. The smallest absolute Gasteiger partial charge is 0.134 e. The fourth-order valence-electron chi connectivity index (χ4n) is 1.95. The molecule has 0 aromatic heterocycles. The molecule has 3 nitrogen and oxygen atoms in total. The van der Waals surface area contributed by atoms with E-state index < -0.39 is 0 Å². The van der Waals surface area contributed by atoms with Crippen LogP contribution < -0.4 is 9.47 Å². The molecule has 0 aliphatic heterocycles.